The van der Waals surface area contributed by atoms with Crippen molar-refractivity contribution in [2.45, 2.75) is 65.1 Å². The van der Waals surface area contributed by atoms with Crippen LogP contribution in [0.25, 0.3) is 0 Å². The summed E-state index contributed by atoms with van der Waals surface area (Å²) in [6, 6.07) is 7.28. The largest absolute Gasteiger partial charge is 0.490 e. The van der Waals surface area contributed by atoms with Crippen LogP contribution in [-0.2, 0) is 9.53 Å². The van der Waals surface area contributed by atoms with Crippen LogP contribution in [0, 0.1) is 17.2 Å². The maximum atomic E-state index is 12.9. The fraction of sp³-hybridized carbons (Fsp3) is 0.600. The van der Waals surface area contributed by atoms with Gasteiger partial charge in [-0.3, -0.25) is 4.79 Å². The van der Waals surface area contributed by atoms with Crippen LogP contribution >= 0.6 is 0 Å². The summed E-state index contributed by atoms with van der Waals surface area (Å²) in [6.07, 6.45) is 3.56. The monoisotopic (exact) mass is 344 g/mol. The molecule has 136 valence electrons. The van der Waals surface area contributed by atoms with E-state index >= 15 is 0 Å². The first-order chi connectivity index (χ1) is 11.9. The molecule has 1 aliphatic carbocycles. The minimum atomic E-state index is -0.772. The topological polar surface area (TPSA) is 71.3 Å². The highest BCUT2D eigenvalue weighted by Crippen LogP contribution is 2.36. The Balaban J connectivity index is 2.19. The molecular weight excluding hydrogens is 316 g/mol. The average Bonchev–Trinajstić information content (AvgIpc) is 2.56. The van der Waals surface area contributed by atoms with Gasteiger partial charge in [0, 0.05) is 12.3 Å². The lowest BCUT2D eigenvalue weighted by molar-refractivity contribution is -0.147. The Morgan fingerprint density at radius 2 is 2.24 bits per heavy atom. The molecule has 0 aromatic heterocycles. The van der Waals surface area contributed by atoms with Crippen molar-refractivity contribution in [1.29, 1.82) is 5.26 Å². The Labute approximate surface area is 150 Å². The van der Waals surface area contributed by atoms with Crippen LogP contribution in [0.15, 0.2) is 18.2 Å². The molecule has 1 amide bonds. The number of carbonyl (C=O) groups excluding carboxylic acids is 1. The van der Waals surface area contributed by atoms with E-state index in [9.17, 15) is 10.1 Å². The standard InChI is InChI=1S/C20H28N2O3/c1-5-24-20(10-6-7-15(4)12-20)19(23)22-17-8-9-18(25-14(2)3)16(11-17)13-21/h8-9,11,14-15H,5-7,10,12H2,1-4H3,(H,22,23). The number of nitrogens with one attached hydrogen (secondary N) is 1. The lowest BCUT2D eigenvalue weighted by atomic mass is 9.78. The van der Waals surface area contributed by atoms with E-state index in [2.05, 4.69) is 18.3 Å². The minimum absolute atomic E-state index is 0.0162. The van der Waals surface area contributed by atoms with E-state index in [4.69, 9.17) is 9.47 Å². The summed E-state index contributed by atoms with van der Waals surface area (Å²) >= 11 is 0. The molecule has 0 bridgehead atoms. The highest BCUT2D eigenvalue weighted by Gasteiger charge is 2.42. The van der Waals surface area contributed by atoms with E-state index in [0.29, 0.717) is 29.5 Å². The third kappa shape index (κ3) is 4.73. The number of hydrogen-bond acceptors (Lipinski definition) is 4. The van der Waals surface area contributed by atoms with E-state index in [1.165, 1.54) is 0 Å². The van der Waals surface area contributed by atoms with Gasteiger partial charge >= 0.3 is 0 Å². The maximum Gasteiger partial charge on any atom is 0.256 e. The quantitative estimate of drug-likeness (QED) is 0.836. The third-order valence-corrected chi connectivity index (χ3v) is 4.51. The number of hydrogen-bond donors (Lipinski definition) is 1. The molecule has 0 saturated heterocycles. The molecular formula is C20H28N2O3. The van der Waals surface area contributed by atoms with Gasteiger partial charge in [0.25, 0.3) is 5.91 Å². The fourth-order valence-corrected chi connectivity index (χ4v) is 3.48. The molecule has 25 heavy (non-hydrogen) atoms. The van der Waals surface area contributed by atoms with E-state index in [1.54, 1.807) is 18.2 Å². The lowest BCUT2D eigenvalue weighted by Gasteiger charge is -2.38. The van der Waals surface area contributed by atoms with E-state index in [0.717, 1.165) is 25.7 Å². The molecule has 5 nitrogen and oxygen atoms in total. The van der Waals surface area contributed by atoms with E-state index < -0.39 is 5.60 Å². The molecule has 1 fully saturated rings. The Morgan fingerprint density at radius 3 is 2.84 bits per heavy atom. The summed E-state index contributed by atoms with van der Waals surface area (Å²) in [7, 11) is 0. The van der Waals surface area contributed by atoms with Gasteiger partial charge in [0.05, 0.1) is 11.7 Å². The summed E-state index contributed by atoms with van der Waals surface area (Å²) in [5.41, 5.74) is 0.232. The first-order valence-corrected chi connectivity index (χ1v) is 9.06. The van der Waals surface area contributed by atoms with Crippen LogP contribution < -0.4 is 10.1 Å². The average molecular weight is 344 g/mol. The Kier molecular flexibility index (Phi) is 6.44. The van der Waals surface area contributed by atoms with Gasteiger partial charge in [-0.05, 0) is 64.2 Å². The second kappa shape index (κ2) is 8.35. The molecule has 1 aromatic rings. The molecule has 1 saturated carbocycles. The number of benzene rings is 1. The SMILES string of the molecule is CCOC1(C(=O)Nc2ccc(OC(C)C)c(C#N)c2)CCCC(C)C1. The zero-order valence-corrected chi connectivity index (χ0v) is 15.6. The molecule has 2 atom stereocenters. The summed E-state index contributed by atoms with van der Waals surface area (Å²) in [5.74, 6) is 0.867. The third-order valence-electron chi connectivity index (χ3n) is 4.51. The second-order valence-corrected chi connectivity index (χ2v) is 7.07. The minimum Gasteiger partial charge on any atom is -0.490 e. The summed E-state index contributed by atoms with van der Waals surface area (Å²) in [6.45, 7) is 8.40. The van der Waals surface area contributed by atoms with Gasteiger partial charge in [-0.15, -0.1) is 0 Å². The van der Waals surface area contributed by atoms with Crippen LogP contribution in [0.5, 0.6) is 5.75 Å². The number of rotatable bonds is 6. The Bertz CT molecular complexity index is 647. The molecule has 0 heterocycles. The molecule has 1 aliphatic rings. The van der Waals surface area contributed by atoms with Crippen molar-refractivity contribution in [2.75, 3.05) is 11.9 Å². The van der Waals surface area contributed by atoms with Crippen molar-refractivity contribution in [3.63, 3.8) is 0 Å². The number of nitriles is 1. The zero-order chi connectivity index (χ0) is 18.4. The van der Waals surface area contributed by atoms with Gasteiger partial charge in [-0.25, -0.2) is 0 Å². The van der Waals surface area contributed by atoms with Gasteiger partial charge in [-0.2, -0.15) is 5.26 Å². The number of anilines is 1. The van der Waals surface area contributed by atoms with Crippen molar-refractivity contribution in [3.05, 3.63) is 23.8 Å². The van der Waals surface area contributed by atoms with Gasteiger partial charge in [-0.1, -0.05) is 13.3 Å². The number of ether oxygens (including phenoxy) is 2. The molecule has 2 rings (SSSR count). The molecule has 1 aromatic carbocycles. The van der Waals surface area contributed by atoms with E-state index in [1.807, 2.05) is 20.8 Å². The predicted octanol–water partition coefficient (Wildman–Crippen LogP) is 4.27. The van der Waals surface area contributed by atoms with Gasteiger partial charge in [0.15, 0.2) is 0 Å². The van der Waals surface area contributed by atoms with E-state index in [-0.39, 0.29) is 12.0 Å². The lowest BCUT2D eigenvalue weighted by Crippen LogP contribution is -2.48. The molecule has 5 heteroatoms. The smallest absolute Gasteiger partial charge is 0.256 e. The zero-order valence-electron chi connectivity index (χ0n) is 15.6. The molecule has 0 aliphatic heterocycles. The van der Waals surface area contributed by atoms with Crippen LogP contribution in [0.2, 0.25) is 0 Å². The Morgan fingerprint density at radius 1 is 1.48 bits per heavy atom. The Hall–Kier alpha value is -2.06. The van der Waals surface area contributed by atoms with Crippen molar-refractivity contribution in [2.24, 2.45) is 5.92 Å². The highest BCUT2D eigenvalue weighted by atomic mass is 16.5. The molecule has 0 spiro atoms. The maximum absolute atomic E-state index is 12.9. The number of nitrogens with zero attached hydrogens (tertiary/aromatic N) is 1. The number of carbonyl (C=O) groups is 1. The van der Waals surface area contributed by atoms with Gasteiger partial charge < -0.3 is 14.8 Å². The summed E-state index contributed by atoms with van der Waals surface area (Å²) in [4.78, 5) is 12.9. The molecule has 0 radical (unpaired) electrons. The first-order valence-electron chi connectivity index (χ1n) is 9.06. The molecule has 2 unspecified atom stereocenters. The van der Waals surface area contributed by atoms with Gasteiger partial charge in [0.2, 0.25) is 0 Å². The predicted molar refractivity (Wildman–Crippen MR) is 97.5 cm³/mol. The van der Waals surface area contributed by atoms with Crippen LogP contribution in [0.3, 0.4) is 0 Å². The van der Waals surface area contributed by atoms with Crippen molar-refractivity contribution >= 4 is 11.6 Å². The fourth-order valence-electron chi connectivity index (χ4n) is 3.48. The van der Waals surface area contributed by atoms with Crippen molar-refractivity contribution in [1.82, 2.24) is 0 Å². The summed E-state index contributed by atoms with van der Waals surface area (Å²) in [5, 5.41) is 12.3. The normalized spacial score (nSPS) is 23.1. The second-order valence-electron chi connectivity index (χ2n) is 7.07. The van der Waals surface area contributed by atoms with Crippen molar-refractivity contribution < 1.29 is 14.3 Å². The molecule has 1 N–H and O–H groups in total. The van der Waals surface area contributed by atoms with Crippen molar-refractivity contribution in [3.8, 4) is 11.8 Å². The summed E-state index contributed by atoms with van der Waals surface area (Å²) < 4.78 is 11.5. The van der Waals surface area contributed by atoms with Crippen LogP contribution in [0.1, 0.15) is 58.9 Å². The van der Waals surface area contributed by atoms with Crippen LogP contribution in [-0.4, -0.2) is 24.2 Å². The van der Waals surface area contributed by atoms with Gasteiger partial charge in [0.1, 0.15) is 17.4 Å². The van der Waals surface area contributed by atoms with Crippen LogP contribution in [0.4, 0.5) is 5.69 Å². The first kappa shape index (κ1) is 19.3. The number of amides is 1. The highest BCUT2D eigenvalue weighted by molar-refractivity contribution is 5.97.